The minimum Gasteiger partial charge on any atom is -0.494 e. The second-order valence-corrected chi connectivity index (χ2v) is 5.89. The number of nitrogens with two attached hydrogens (primary N) is 1. The molecule has 0 aliphatic carbocycles. The molecule has 8 nitrogen and oxygen atoms in total. The van der Waals surface area contributed by atoms with Crippen molar-refractivity contribution in [2.24, 2.45) is 15.7 Å². The summed E-state index contributed by atoms with van der Waals surface area (Å²) in [7, 11) is 3.12. The molecule has 0 atom stereocenters. The maximum Gasteiger partial charge on any atom is 0.339 e. The van der Waals surface area contributed by atoms with Gasteiger partial charge in [-0.05, 0) is 31.6 Å². The Labute approximate surface area is 189 Å². The lowest BCUT2D eigenvalue weighted by Crippen LogP contribution is -2.17. The first-order valence-corrected chi connectivity index (χ1v) is 10.3. The number of nitrogens with one attached hydrogen (secondary N) is 2. The van der Waals surface area contributed by atoms with Gasteiger partial charge in [0.2, 0.25) is 0 Å². The van der Waals surface area contributed by atoms with Gasteiger partial charge in [-0.3, -0.25) is 5.41 Å². The lowest BCUT2D eigenvalue weighted by Gasteiger charge is -2.13. The van der Waals surface area contributed by atoms with Gasteiger partial charge >= 0.3 is 5.97 Å². The number of hydrogen-bond acceptors (Lipinski definition) is 6. The maximum absolute atomic E-state index is 12.5. The van der Waals surface area contributed by atoms with Gasteiger partial charge in [-0.15, -0.1) is 0 Å². The van der Waals surface area contributed by atoms with E-state index in [0.717, 1.165) is 6.34 Å². The molecular weight excluding hydrogens is 418 g/mol. The molecule has 0 fully saturated rings. The van der Waals surface area contributed by atoms with Crippen molar-refractivity contribution in [2.45, 2.75) is 34.1 Å². The molecular formula is C22H32ClN5O3. The fourth-order valence-corrected chi connectivity index (χ4v) is 2.47. The normalized spacial score (nSPS) is 12.5. The number of halogens is 1. The molecule has 0 saturated carbocycles. The van der Waals surface area contributed by atoms with Crippen LogP contribution in [0.4, 0.5) is 5.69 Å². The summed E-state index contributed by atoms with van der Waals surface area (Å²) < 4.78 is 10.6. The van der Waals surface area contributed by atoms with Gasteiger partial charge in [0.05, 0.1) is 30.6 Å². The number of carbonyl (C=O) groups excluding carboxylic acids is 1. The Hall–Kier alpha value is -3.13. The summed E-state index contributed by atoms with van der Waals surface area (Å²) in [4.78, 5) is 20.9. The zero-order chi connectivity index (χ0) is 23.8. The van der Waals surface area contributed by atoms with E-state index in [-0.39, 0.29) is 23.2 Å². The van der Waals surface area contributed by atoms with E-state index in [1.165, 1.54) is 13.2 Å². The van der Waals surface area contributed by atoms with Crippen molar-refractivity contribution in [1.29, 1.82) is 5.41 Å². The number of hydrogen-bond donors (Lipinski definition) is 3. The lowest BCUT2D eigenvalue weighted by atomic mass is 10.1. The smallest absolute Gasteiger partial charge is 0.339 e. The number of amidine groups is 1. The number of ether oxygens (including phenoxy) is 2. The lowest BCUT2D eigenvalue weighted by molar-refractivity contribution is -0.137. The highest BCUT2D eigenvalue weighted by molar-refractivity contribution is 6.34. The number of esters is 1. The second kappa shape index (κ2) is 15.7. The number of para-hydroxylation sites is 1. The molecule has 0 bridgehead atoms. The SMILES string of the molecule is CC.CC/C=C(\C(=O)OCC)C(/C=C(/Cl)NC)=Nc1cccc(C(N)=NC=N)c1OC. The number of aliphatic imine (C=N–C) groups is 2. The highest BCUT2D eigenvalue weighted by Gasteiger charge is 2.18. The summed E-state index contributed by atoms with van der Waals surface area (Å²) in [5, 5.41) is 10.2. The molecule has 170 valence electrons. The second-order valence-electron chi connectivity index (χ2n) is 5.49. The average molecular weight is 450 g/mol. The van der Waals surface area contributed by atoms with Crippen LogP contribution in [0.15, 0.2) is 51.1 Å². The van der Waals surface area contributed by atoms with Crippen molar-refractivity contribution < 1.29 is 14.3 Å². The highest BCUT2D eigenvalue weighted by atomic mass is 35.5. The third-order valence-corrected chi connectivity index (χ3v) is 3.90. The number of allylic oxidation sites excluding steroid dienone is 2. The molecule has 0 aromatic heterocycles. The maximum atomic E-state index is 12.5. The van der Waals surface area contributed by atoms with Gasteiger partial charge in [0.1, 0.15) is 23.0 Å². The van der Waals surface area contributed by atoms with Crippen molar-refractivity contribution in [3.8, 4) is 5.75 Å². The Morgan fingerprint density at radius 2 is 2.00 bits per heavy atom. The number of methoxy groups -OCH3 is 1. The zero-order valence-electron chi connectivity index (χ0n) is 19.0. The van der Waals surface area contributed by atoms with Crippen LogP contribution in [-0.4, -0.2) is 44.6 Å². The van der Waals surface area contributed by atoms with Crippen LogP contribution in [0, 0.1) is 5.41 Å². The van der Waals surface area contributed by atoms with E-state index in [1.54, 1.807) is 38.2 Å². The topological polar surface area (TPSA) is 122 Å². The van der Waals surface area contributed by atoms with Crippen molar-refractivity contribution in [1.82, 2.24) is 5.32 Å². The molecule has 0 aliphatic rings. The Morgan fingerprint density at radius 1 is 1.32 bits per heavy atom. The van der Waals surface area contributed by atoms with E-state index in [9.17, 15) is 4.79 Å². The van der Waals surface area contributed by atoms with Crippen LogP contribution in [-0.2, 0) is 9.53 Å². The first kappa shape index (κ1) is 27.9. The molecule has 0 heterocycles. The van der Waals surface area contributed by atoms with Crippen LogP contribution in [0.1, 0.15) is 39.7 Å². The fraction of sp³-hybridized carbons (Fsp3) is 0.364. The van der Waals surface area contributed by atoms with Crippen LogP contribution < -0.4 is 15.8 Å². The van der Waals surface area contributed by atoms with Crippen LogP contribution in [0.3, 0.4) is 0 Å². The standard InChI is InChI=1S/C20H26ClN5O3.C2H6/c1-5-8-13(20(27)29-6-2)16(11-17(21)24-3)26-15-10-7-9-14(18(15)28-4)19(23)25-12-22;1-2/h7-12,24H,5-6H2,1-4H3,(H3,22,23,25);1-2H3/b13-8-,17-11-,26-16?;. The zero-order valence-corrected chi connectivity index (χ0v) is 19.7. The molecule has 9 heteroatoms. The summed E-state index contributed by atoms with van der Waals surface area (Å²) in [5.41, 5.74) is 7.37. The number of rotatable bonds is 10. The summed E-state index contributed by atoms with van der Waals surface area (Å²) in [5.74, 6) is -0.0549. The van der Waals surface area contributed by atoms with Crippen molar-refractivity contribution in [3.05, 3.63) is 46.6 Å². The van der Waals surface area contributed by atoms with Crippen molar-refractivity contribution in [2.75, 3.05) is 20.8 Å². The summed E-state index contributed by atoms with van der Waals surface area (Å²) in [6, 6.07) is 5.12. The Balaban J connectivity index is 0.00000436. The van der Waals surface area contributed by atoms with Gasteiger partial charge in [-0.25, -0.2) is 14.8 Å². The van der Waals surface area contributed by atoms with Crippen LogP contribution in [0.25, 0.3) is 0 Å². The number of carbonyl (C=O) groups is 1. The van der Waals surface area contributed by atoms with Gasteiger partial charge in [0.25, 0.3) is 0 Å². The molecule has 0 saturated heterocycles. The van der Waals surface area contributed by atoms with Crippen molar-refractivity contribution >= 4 is 41.1 Å². The van der Waals surface area contributed by atoms with Gasteiger partial charge in [-0.1, -0.05) is 44.5 Å². The predicted molar refractivity (Wildman–Crippen MR) is 129 cm³/mol. The third-order valence-electron chi connectivity index (χ3n) is 3.60. The van der Waals surface area contributed by atoms with E-state index in [1.807, 2.05) is 20.8 Å². The van der Waals surface area contributed by atoms with Crippen molar-refractivity contribution in [3.63, 3.8) is 0 Å². The van der Waals surface area contributed by atoms with E-state index in [0.29, 0.717) is 29.1 Å². The molecule has 0 radical (unpaired) electrons. The molecule has 1 aromatic carbocycles. The molecule has 0 spiro atoms. The monoisotopic (exact) mass is 449 g/mol. The van der Waals surface area contributed by atoms with Crippen LogP contribution >= 0.6 is 11.6 Å². The van der Waals surface area contributed by atoms with Crippen LogP contribution in [0.5, 0.6) is 5.75 Å². The Morgan fingerprint density at radius 3 is 2.52 bits per heavy atom. The van der Waals surface area contributed by atoms with Gasteiger partial charge in [0, 0.05) is 7.05 Å². The highest BCUT2D eigenvalue weighted by Crippen LogP contribution is 2.32. The summed E-state index contributed by atoms with van der Waals surface area (Å²) >= 11 is 6.14. The van der Waals surface area contributed by atoms with Gasteiger partial charge < -0.3 is 20.5 Å². The molecule has 1 aromatic rings. The first-order chi connectivity index (χ1) is 14.9. The quantitative estimate of drug-likeness (QED) is 0.161. The third kappa shape index (κ3) is 8.64. The summed E-state index contributed by atoms with van der Waals surface area (Å²) in [6.45, 7) is 7.86. The molecule has 0 aliphatic heterocycles. The number of benzene rings is 1. The van der Waals surface area contributed by atoms with Gasteiger partial charge in [0.15, 0.2) is 5.75 Å². The molecule has 1 rings (SSSR count). The molecule has 4 N–H and O–H groups in total. The molecule has 0 amide bonds. The van der Waals surface area contributed by atoms with E-state index in [2.05, 4.69) is 15.3 Å². The largest absolute Gasteiger partial charge is 0.494 e. The Bertz CT molecular complexity index is 861. The average Bonchev–Trinajstić information content (AvgIpc) is 2.78. The van der Waals surface area contributed by atoms with E-state index >= 15 is 0 Å². The minimum atomic E-state index is -0.509. The predicted octanol–water partition coefficient (Wildman–Crippen LogP) is 4.31. The minimum absolute atomic E-state index is 0.106. The van der Waals surface area contributed by atoms with Gasteiger partial charge in [-0.2, -0.15) is 0 Å². The first-order valence-electron chi connectivity index (χ1n) is 9.94. The number of nitrogens with zero attached hydrogens (tertiary/aromatic N) is 2. The Kier molecular flexibility index (Phi) is 14.1. The summed E-state index contributed by atoms with van der Waals surface area (Å²) in [6.07, 6.45) is 4.68. The molecule has 0 unspecified atom stereocenters. The fourth-order valence-electron chi connectivity index (χ4n) is 2.37. The van der Waals surface area contributed by atoms with E-state index in [4.69, 9.17) is 32.2 Å². The molecule has 31 heavy (non-hydrogen) atoms. The van der Waals surface area contributed by atoms with Crippen LogP contribution in [0.2, 0.25) is 0 Å². The van der Waals surface area contributed by atoms with E-state index < -0.39 is 5.97 Å².